The van der Waals surface area contributed by atoms with E-state index in [9.17, 15) is 4.79 Å². The Hall–Kier alpha value is -4.26. The zero-order chi connectivity index (χ0) is 25.1. The van der Waals surface area contributed by atoms with E-state index in [1.165, 1.54) is 0 Å². The summed E-state index contributed by atoms with van der Waals surface area (Å²) in [7, 11) is 5.67. The van der Waals surface area contributed by atoms with Crippen molar-refractivity contribution in [3.8, 4) is 28.5 Å². The second kappa shape index (κ2) is 10.2. The van der Waals surface area contributed by atoms with Crippen LogP contribution in [0.5, 0.6) is 5.75 Å². The second-order valence-electron chi connectivity index (χ2n) is 8.96. The predicted octanol–water partition coefficient (Wildman–Crippen LogP) is 5.05. The number of benzene rings is 3. The van der Waals surface area contributed by atoms with Crippen molar-refractivity contribution in [2.45, 2.75) is 0 Å². The monoisotopic (exact) mass is 482 g/mol. The summed E-state index contributed by atoms with van der Waals surface area (Å²) < 4.78 is 11.7. The van der Waals surface area contributed by atoms with E-state index in [-0.39, 0.29) is 5.91 Å². The SMILES string of the molecule is COc1ccccc1N1CCN(C(=O)c2nc(-c3ccccc3)oc2-c2ccc(N(C)C)cc2)CC1. The molecule has 0 radical (unpaired) electrons. The molecule has 0 N–H and O–H groups in total. The van der Waals surface area contributed by atoms with Gasteiger partial charge < -0.3 is 23.9 Å². The Morgan fingerprint density at radius 3 is 2.19 bits per heavy atom. The number of oxazole rings is 1. The van der Waals surface area contributed by atoms with Crippen LogP contribution in [0.15, 0.2) is 83.3 Å². The maximum atomic E-state index is 13.7. The number of piperazine rings is 1. The smallest absolute Gasteiger partial charge is 0.276 e. The number of hydrogen-bond donors (Lipinski definition) is 0. The van der Waals surface area contributed by atoms with Crippen LogP contribution >= 0.6 is 0 Å². The highest BCUT2D eigenvalue weighted by molar-refractivity contribution is 5.98. The molecule has 7 heteroatoms. The number of amides is 1. The summed E-state index contributed by atoms with van der Waals surface area (Å²) in [6, 6.07) is 25.6. The Balaban J connectivity index is 1.42. The molecule has 1 saturated heterocycles. The van der Waals surface area contributed by atoms with E-state index in [1.807, 2.05) is 96.7 Å². The Morgan fingerprint density at radius 2 is 1.53 bits per heavy atom. The first-order chi connectivity index (χ1) is 17.5. The van der Waals surface area contributed by atoms with Gasteiger partial charge in [-0.05, 0) is 48.5 Å². The minimum absolute atomic E-state index is 0.118. The maximum Gasteiger partial charge on any atom is 0.276 e. The summed E-state index contributed by atoms with van der Waals surface area (Å²) in [6.45, 7) is 2.59. The highest BCUT2D eigenvalue weighted by Gasteiger charge is 2.29. The highest BCUT2D eigenvalue weighted by Crippen LogP contribution is 2.33. The van der Waals surface area contributed by atoms with Crippen molar-refractivity contribution in [3.63, 3.8) is 0 Å². The number of nitrogens with zero attached hydrogens (tertiary/aromatic N) is 4. The zero-order valence-electron chi connectivity index (χ0n) is 20.8. The van der Waals surface area contributed by atoms with Crippen LogP contribution in [0.4, 0.5) is 11.4 Å². The third-order valence-electron chi connectivity index (χ3n) is 6.49. The number of carbonyl (C=O) groups excluding carboxylic acids is 1. The van der Waals surface area contributed by atoms with Crippen LogP contribution < -0.4 is 14.5 Å². The van der Waals surface area contributed by atoms with Crippen molar-refractivity contribution >= 4 is 17.3 Å². The molecule has 1 aliphatic rings. The number of aromatic nitrogens is 1. The number of para-hydroxylation sites is 2. The van der Waals surface area contributed by atoms with Gasteiger partial charge in [0.2, 0.25) is 5.89 Å². The molecule has 2 heterocycles. The first kappa shape index (κ1) is 23.5. The van der Waals surface area contributed by atoms with E-state index in [1.54, 1.807) is 7.11 Å². The third-order valence-corrected chi connectivity index (χ3v) is 6.49. The molecule has 0 spiro atoms. The summed E-state index contributed by atoms with van der Waals surface area (Å²) in [5, 5.41) is 0. The molecule has 7 nitrogen and oxygen atoms in total. The number of carbonyl (C=O) groups is 1. The third kappa shape index (κ3) is 4.64. The van der Waals surface area contributed by atoms with E-state index in [4.69, 9.17) is 14.1 Å². The van der Waals surface area contributed by atoms with Crippen LogP contribution in [0.25, 0.3) is 22.8 Å². The van der Waals surface area contributed by atoms with Crippen LogP contribution in [-0.2, 0) is 0 Å². The summed E-state index contributed by atoms with van der Waals surface area (Å²) in [6.07, 6.45) is 0. The Morgan fingerprint density at radius 1 is 0.861 bits per heavy atom. The van der Waals surface area contributed by atoms with Gasteiger partial charge in [0, 0.05) is 57.1 Å². The molecule has 0 bridgehead atoms. The molecule has 4 aromatic rings. The number of methoxy groups -OCH3 is 1. The molecular weight excluding hydrogens is 452 g/mol. The van der Waals surface area contributed by atoms with Crippen LogP contribution in [0.1, 0.15) is 10.5 Å². The topological polar surface area (TPSA) is 62.1 Å². The molecule has 1 fully saturated rings. The molecule has 0 saturated carbocycles. The summed E-state index contributed by atoms with van der Waals surface area (Å²) >= 11 is 0. The maximum absolute atomic E-state index is 13.7. The standard InChI is InChI=1S/C29H30N4O3/c1-31(2)23-15-13-21(14-16-23)27-26(30-28(36-27)22-9-5-4-6-10-22)29(34)33-19-17-32(18-20-33)24-11-7-8-12-25(24)35-3/h4-16H,17-20H2,1-3H3. The molecule has 0 atom stereocenters. The van der Waals surface area contributed by atoms with Crippen LogP contribution in [0.3, 0.4) is 0 Å². The van der Waals surface area contributed by atoms with Gasteiger partial charge in [-0.25, -0.2) is 4.98 Å². The molecule has 1 amide bonds. The van der Waals surface area contributed by atoms with Gasteiger partial charge in [-0.2, -0.15) is 0 Å². The number of hydrogen-bond acceptors (Lipinski definition) is 6. The van der Waals surface area contributed by atoms with Crippen molar-refractivity contribution in [2.75, 3.05) is 57.2 Å². The van der Waals surface area contributed by atoms with Crippen LogP contribution in [-0.4, -0.2) is 63.2 Å². The molecule has 1 aromatic heterocycles. The molecule has 5 rings (SSSR count). The normalized spacial score (nSPS) is 13.5. The highest BCUT2D eigenvalue weighted by atomic mass is 16.5. The molecule has 184 valence electrons. The van der Waals surface area contributed by atoms with E-state index >= 15 is 0 Å². The largest absolute Gasteiger partial charge is 0.495 e. The van der Waals surface area contributed by atoms with E-state index in [2.05, 4.69) is 11.0 Å². The average Bonchev–Trinajstić information content (AvgIpc) is 3.39. The summed E-state index contributed by atoms with van der Waals surface area (Å²) in [5.41, 5.74) is 4.12. The fraction of sp³-hybridized carbons (Fsp3) is 0.241. The van der Waals surface area contributed by atoms with Gasteiger partial charge in [-0.15, -0.1) is 0 Å². The fourth-order valence-electron chi connectivity index (χ4n) is 4.47. The van der Waals surface area contributed by atoms with Crippen molar-refractivity contribution in [2.24, 2.45) is 0 Å². The minimum Gasteiger partial charge on any atom is -0.495 e. The van der Waals surface area contributed by atoms with Crippen molar-refractivity contribution in [3.05, 3.63) is 84.6 Å². The lowest BCUT2D eigenvalue weighted by Gasteiger charge is -2.36. The lowest BCUT2D eigenvalue weighted by Crippen LogP contribution is -2.49. The van der Waals surface area contributed by atoms with Crippen molar-refractivity contribution < 1.29 is 13.9 Å². The Labute approximate surface area is 211 Å². The molecule has 3 aromatic carbocycles. The van der Waals surface area contributed by atoms with Crippen LogP contribution in [0, 0.1) is 0 Å². The van der Waals surface area contributed by atoms with Gasteiger partial charge in [0.05, 0.1) is 12.8 Å². The number of rotatable bonds is 6. The van der Waals surface area contributed by atoms with E-state index in [0.29, 0.717) is 43.5 Å². The molecule has 36 heavy (non-hydrogen) atoms. The lowest BCUT2D eigenvalue weighted by molar-refractivity contribution is 0.0742. The number of anilines is 2. The van der Waals surface area contributed by atoms with Gasteiger partial charge in [0.15, 0.2) is 11.5 Å². The number of ether oxygens (including phenoxy) is 1. The van der Waals surface area contributed by atoms with E-state index < -0.39 is 0 Å². The summed E-state index contributed by atoms with van der Waals surface area (Å²) in [4.78, 5) is 24.6. The van der Waals surface area contributed by atoms with Gasteiger partial charge in [-0.1, -0.05) is 30.3 Å². The van der Waals surface area contributed by atoms with Gasteiger partial charge in [-0.3, -0.25) is 4.79 Å². The molecule has 0 unspecified atom stereocenters. The zero-order valence-corrected chi connectivity index (χ0v) is 20.8. The average molecular weight is 483 g/mol. The quantitative estimate of drug-likeness (QED) is 0.384. The predicted molar refractivity (Wildman–Crippen MR) is 143 cm³/mol. The Bertz CT molecular complexity index is 1320. The molecule has 1 aliphatic heterocycles. The fourth-order valence-corrected chi connectivity index (χ4v) is 4.47. The lowest BCUT2D eigenvalue weighted by atomic mass is 10.1. The first-order valence-electron chi connectivity index (χ1n) is 12.1. The van der Waals surface area contributed by atoms with E-state index in [0.717, 1.165) is 28.3 Å². The van der Waals surface area contributed by atoms with Crippen LogP contribution in [0.2, 0.25) is 0 Å². The van der Waals surface area contributed by atoms with Crippen molar-refractivity contribution in [1.82, 2.24) is 9.88 Å². The minimum atomic E-state index is -0.118. The second-order valence-corrected chi connectivity index (χ2v) is 8.96. The van der Waals surface area contributed by atoms with Crippen molar-refractivity contribution in [1.29, 1.82) is 0 Å². The van der Waals surface area contributed by atoms with Gasteiger partial charge in [0.1, 0.15) is 5.75 Å². The molecule has 0 aliphatic carbocycles. The van der Waals surface area contributed by atoms with Gasteiger partial charge in [0.25, 0.3) is 5.91 Å². The first-order valence-corrected chi connectivity index (χ1v) is 12.1. The van der Waals surface area contributed by atoms with Gasteiger partial charge >= 0.3 is 0 Å². The summed E-state index contributed by atoms with van der Waals surface area (Å²) in [5.74, 6) is 1.66. The molecular formula is C29H30N4O3. The Kier molecular flexibility index (Phi) is 6.62.